The zero-order valence-corrected chi connectivity index (χ0v) is 18.8. The van der Waals surface area contributed by atoms with Crippen LogP contribution >= 0.6 is 23.2 Å². The van der Waals surface area contributed by atoms with E-state index < -0.39 is 10.9 Å². The van der Waals surface area contributed by atoms with E-state index in [0.29, 0.717) is 29.8 Å². The van der Waals surface area contributed by atoms with E-state index in [-0.39, 0.29) is 6.10 Å². The van der Waals surface area contributed by atoms with Gasteiger partial charge in [-0.1, -0.05) is 55.5 Å². The van der Waals surface area contributed by atoms with Crippen LogP contribution in [0.5, 0.6) is 0 Å². The minimum atomic E-state index is -1.50. The first-order valence-corrected chi connectivity index (χ1v) is 10.8. The summed E-state index contributed by atoms with van der Waals surface area (Å²) in [7, 11) is 0. The summed E-state index contributed by atoms with van der Waals surface area (Å²) in [6.45, 7) is 4.34. The normalized spacial score (nSPS) is 20.3. The van der Waals surface area contributed by atoms with Crippen molar-refractivity contribution < 1.29 is 24.5 Å². The second-order valence-corrected chi connectivity index (χ2v) is 7.88. The third-order valence-electron chi connectivity index (χ3n) is 4.60. The molecule has 31 heavy (non-hydrogen) atoms. The van der Waals surface area contributed by atoms with Crippen LogP contribution in [0.25, 0.3) is 0 Å². The van der Waals surface area contributed by atoms with Gasteiger partial charge in [-0.25, -0.2) is 4.98 Å². The monoisotopic (exact) mass is 475 g/mol. The molecule has 0 amide bonds. The molecule has 1 N–H and O–H groups in total. The first-order valence-electron chi connectivity index (χ1n) is 10.0. The van der Waals surface area contributed by atoms with Gasteiger partial charge in [0.05, 0.1) is 31.1 Å². The van der Waals surface area contributed by atoms with Crippen LogP contribution < -0.4 is 0 Å². The molecule has 1 fully saturated rings. The number of halogens is 2. The van der Waals surface area contributed by atoms with E-state index in [4.69, 9.17) is 52.7 Å². The maximum atomic E-state index is 8.36. The summed E-state index contributed by atoms with van der Waals surface area (Å²) >= 11 is 12.5. The molecule has 0 bridgehead atoms. The van der Waals surface area contributed by atoms with Gasteiger partial charge in [-0.3, -0.25) is 0 Å². The molecule has 0 unspecified atom stereocenters. The largest absolute Gasteiger partial charge is 0.379 e. The minimum absolute atomic E-state index is 0.147. The Labute approximate surface area is 190 Å². The lowest BCUT2D eigenvalue weighted by molar-refractivity contribution is -0.742. The number of imidazole rings is 1. The molecule has 0 spiro atoms. The maximum absolute atomic E-state index is 8.36. The average Bonchev–Trinajstić information content (AvgIpc) is 3.35. The van der Waals surface area contributed by atoms with Crippen molar-refractivity contribution >= 4 is 23.2 Å². The molecular weight excluding hydrogens is 449 g/mol. The van der Waals surface area contributed by atoms with Gasteiger partial charge in [-0.2, -0.15) is 0 Å². The van der Waals surface area contributed by atoms with Gasteiger partial charge in [0.2, 0.25) is 5.79 Å². The van der Waals surface area contributed by atoms with Gasteiger partial charge < -0.3 is 24.0 Å². The number of ether oxygens (including phenoxy) is 3. The number of hydrogen-bond donors (Lipinski definition) is 1. The molecule has 0 radical (unpaired) electrons. The summed E-state index contributed by atoms with van der Waals surface area (Å²) in [5.41, 5.74) is 0.757. The molecule has 9 nitrogen and oxygen atoms in total. The smallest absolute Gasteiger partial charge is 0.291 e. The van der Waals surface area contributed by atoms with Crippen LogP contribution in [0.3, 0.4) is 0 Å². The average molecular weight is 476 g/mol. The molecule has 1 aliphatic rings. The molecular formula is C20H27Cl2N3O6. The summed E-state index contributed by atoms with van der Waals surface area (Å²) in [5, 5.41) is 14.7. The molecule has 3 rings (SSSR count). The van der Waals surface area contributed by atoms with Gasteiger partial charge in [-0.15, -0.1) is 10.1 Å². The summed E-state index contributed by atoms with van der Waals surface area (Å²) in [5.74, 6) is -0.987. The minimum Gasteiger partial charge on any atom is -0.379 e. The van der Waals surface area contributed by atoms with Crippen molar-refractivity contribution in [2.75, 3.05) is 19.8 Å². The van der Waals surface area contributed by atoms with Crippen molar-refractivity contribution in [3.8, 4) is 0 Å². The third-order valence-corrected chi connectivity index (χ3v) is 5.14. The van der Waals surface area contributed by atoms with Gasteiger partial charge in [0.1, 0.15) is 6.10 Å². The molecule has 0 saturated carbocycles. The fraction of sp³-hybridized carbons (Fsp3) is 0.550. The number of benzene rings is 1. The van der Waals surface area contributed by atoms with Crippen LogP contribution in [-0.4, -0.2) is 45.8 Å². The highest BCUT2D eigenvalue weighted by molar-refractivity contribution is 6.35. The highest BCUT2D eigenvalue weighted by atomic mass is 35.5. The highest BCUT2D eigenvalue weighted by Crippen LogP contribution is 2.40. The van der Waals surface area contributed by atoms with Gasteiger partial charge in [-0.05, 0) is 18.6 Å². The fourth-order valence-corrected chi connectivity index (χ4v) is 3.77. The summed E-state index contributed by atoms with van der Waals surface area (Å²) in [6, 6.07) is 5.36. The molecule has 1 saturated heterocycles. The Morgan fingerprint density at radius 3 is 2.81 bits per heavy atom. The molecule has 1 aromatic heterocycles. The Bertz CT molecular complexity index is 804. The number of rotatable bonds is 10. The van der Waals surface area contributed by atoms with Crippen LogP contribution in [-0.2, 0) is 26.5 Å². The predicted octanol–water partition coefficient (Wildman–Crippen LogP) is 4.71. The van der Waals surface area contributed by atoms with Gasteiger partial charge in [0.15, 0.2) is 0 Å². The van der Waals surface area contributed by atoms with Crippen LogP contribution in [0.2, 0.25) is 10.0 Å². The summed E-state index contributed by atoms with van der Waals surface area (Å²) in [6.07, 6.45) is 9.92. The van der Waals surface area contributed by atoms with Crippen molar-refractivity contribution in [2.24, 2.45) is 0 Å². The van der Waals surface area contributed by atoms with Crippen molar-refractivity contribution in [1.82, 2.24) is 9.55 Å². The van der Waals surface area contributed by atoms with E-state index in [0.717, 1.165) is 18.6 Å². The van der Waals surface area contributed by atoms with Crippen molar-refractivity contribution in [3.63, 3.8) is 0 Å². The number of nitrogens with zero attached hydrogens (tertiary/aromatic N) is 3. The lowest BCUT2D eigenvalue weighted by atomic mass is 10.1. The van der Waals surface area contributed by atoms with Gasteiger partial charge in [0, 0.05) is 29.6 Å². The predicted molar refractivity (Wildman–Crippen MR) is 115 cm³/mol. The van der Waals surface area contributed by atoms with E-state index in [1.165, 1.54) is 19.3 Å². The third kappa shape index (κ3) is 8.27. The Morgan fingerprint density at radius 1 is 1.39 bits per heavy atom. The van der Waals surface area contributed by atoms with E-state index in [9.17, 15) is 0 Å². The van der Waals surface area contributed by atoms with Crippen molar-refractivity contribution in [3.05, 3.63) is 62.6 Å². The van der Waals surface area contributed by atoms with Crippen LogP contribution in [0, 0.1) is 10.1 Å². The molecule has 0 aliphatic carbocycles. The lowest BCUT2D eigenvalue weighted by Crippen LogP contribution is -2.34. The molecule has 1 aromatic carbocycles. The first kappa shape index (κ1) is 25.4. The van der Waals surface area contributed by atoms with Crippen LogP contribution in [0.1, 0.15) is 38.2 Å². The Morgan fingerprint density at radius 2 is 2.16 bits per heavy atom. The molecule has 2 aromatic rings. The van der Waals surface area contributed by atoms with Gasteiger partial charge in [0.25, 0.3) is 5.09 Å². The SMILES string of the molecule is CCCCCCOC[C@@H]1CO[C@@](Cn2ccnc2)(c2ccc(Cl)cc2Cl)O1.O=[N+]([O-])O. The number of hydrogen-bond acceptors (Lipinski definition) is 6. The van der Waals surface area contributed by atoms with Crippen LogP contribution in [0.4, 0.5) is 0 Å². The van der Waals surface area contributed by atoms with E-state index in [1.807, 2.05) is 16.8 Å². The second-order valence-electron chi connectivity index (χ2n) is 7.04. The van der Waals surface area contributed by atoms with E-state index in [2.05, 4.69) is 11.9 Å². The van der Waals surface area contributed by atoms with Crippen molar-refractivity contribution in [1.29, 1.82) is 0 Å². The topological polar surface area (TPSA) is 109 Å². The molecule has 2 atom stereocenters. The Hall–Kier alpha value is -1.91. The first-order chi connectivity index (χ1) is 14.9. The molecule has 11 heteroatoms. The molecule has 2 heterocycles. The summed E-state index contributed by atoms with van der Waals surface area (Å²) < 4.78 is 20.2. The van der Waals surface area contributed by atoms with E-state index in [1.54, 1.807) is 24.7 Å². The molecule has 1 aliphatic heterocycles. The van der Waals surface area contributed by atoms with E-state index >= 15 is 0 Å². The van der Waals surface area contributed by atoms with Crippen molar-refractivity contribution in [2.45, 2.75) is 51.0 Å². The Kier molecular flexibility index (Phi) is 10.5. The zero-order valence-electron chi connectivity index (χ0n) is 17.3. The Balaban J connectivity index is 0.000000785. The zero-order chi connectivity index (χ0) is 22.7. The second kappa shape index (κ2) is 12.8. The van der Waals surface area contributed by atoms with Crippen LogP contribution in [0.15, 0.2) is 36.9 Å². The highest BCUT2D eigenvalue weighted by Gasteiger charge is 2.45. The van der Waals surface area contributed by atoms with Gasteiger partial charge >= 0.3 is 0 Å². The maximum Gasteiger partial charge on any atom is 0.291 e. The summed E-state index contributed by atoms with van der Waals surface area (Å²) in [4.78, 5) is 12.5. The fourth-order valence-electron chi connectivity index (χ4n) is 3.22. The standard InChI is InChI=1S/C20H26Cl2N2O3.HNO3/c1-2-3-4-5-10-25-12-17-13-26-20(27-17,14-24-9-8-23-15-24)18-7-6-16(21)11-19(18)22;2-1(3)4/h6-9,11,15,17H,2-5,10,12-14H2,1H3;(H,2,3,4)/t17-,20-;/m1./s1. The number of unbranched alkanes of at least 4 members (excludes halogenated alkanes) is 3. The molecule has 172 valence electrons. The number of aromatic nitrogens is 2. The lowest BCUT2D eigenvalue weighted by Gasteiger charge is -2.30. The quantitative estimate of drug-likeness (QED) is 0.301.